The number of hydrogen-bond acceptors (Lipinski definition) is 5. The molecule has 3 N–H and O–H groups in total. The summed E-state index contributed by atoms with van der Waals surface area (Å²) in [5.74, 6) is -1.19. The van der Waals surface area contributed by atoms with E-state index in [9.17, 15) is 20.1 Å². The summed E-state index contributed by atoms with van der Waals surface area (Å²) < 4.78 is 5.95. The lowest BCUT2D eigenvalue weighted by molar-refractivity contribution is 0.430. The highest BCUT2D eigenvalue weighted by atomic mass is 35.5. The first-order valence-corrected chi connectivity index (χ1v) is 10.3. The largest absolute Gasteiger partial charge is 0.507 e. The van der Waals surface area contributed by atoms with Crippen molar-refractivity contribution in [2.45, 2.75) is 40.5 Å². The molecule has 0 spiro atoms. The van der Waals surface area contributed by atoms with Crippen LogP contribution in [0.5, 0.6) is 17.2 Å². The number of phenolic OH excluding ortho intramolecular Hbond substituents is 2. The third-order valence-electron chi connectivity index (χ3n) is 4.99. The van der Waals surface area contributed by atoms with Crippen LogP contribution in [0.2, 0.25) is 5.02 Å². The van der Waals surface area contributed by atoms with Crippen LogP contribution < -0.4 is 5.43 Å². The summed E-state index contributed by atoms with van der Waals surface area (Å²) in [6.45, 7) is 7.64. The van der Waals surface area contributed by atoms with Crippen LogP contribution in [0.3, 0.4) is 0 Å². The van der Waals surface area contributed by atoms with Gasteiger partial charge in [-0.05, 0) is 64.8 Å². The van der Waals surface area contributed by atoms with Crippen LogP contribution in [0.4, 0.5) is 0 Å². The predicted molar refractivity (Wildman–Crippen MR) is 124 cm³/mol. The minimum atomic E-state index is -0.763. The Balaban J connectivity index is 2.42. The van der Waals surface area contributed by atoms with Crippen molar-refractivity contribution in [2.24, 2.45) is 0 Å². The number of aromatic hydroxyl groups is 3. The van der Waals surface area contributed by atoms with Gasteiger partial charge < -0.3 is 19.7 Å². The number of allylic oxidation sites excluding steroid dienone is 4. The molecule has 3 aromatic rings. The molecule has 0 aliphatic carbocycles. The first-order chi connectivity index (χ1) is 14.6. The Bertz CT molecular complexity index is 1260. The van der Waals surface area contributed by atoms with Crippen molar-refractivity contribution in [1.82, 2.24) is 0 Å². The van der Waals surface area contributed by atoms with Crippen molar-refractivity contribution < 1.29 is 19.7 Å². The van der Waals surface area contributed by atoms with Gasteiger partial charge >= 0.3 is 0 Å². The minimum Gasteiger partial charge on any atom is -0.507 e. The number of halogens is 1. The Morgan fingerprint density at radius 1 is 0.871 bits per heavy atom. The quantitative estimate of drug-likeness (QED) is 0.408. The molecule has 0 saturated heterocycles. The maximum Gasteiger partial charge on any atom is 0.238 e. The van der Waals surface area contributed by atoms with E-state index in [0.29, 0.717) is 22.6 Å². The fourth-order valence-electron chi connectivity index (χ4n) is 3.30. The molecule has 0 amide bonds. The van der Waals surface area contributed by atoms with E-state index in [2.05, 4.69) is 0 Å². The highest BCUT2D eigenvalue weighted by Crippen LogP contribution is 2.42. The smallest absolute Gasteiger partial charge is 0.238 e. The average Bonchev–Trinajstić information content (AvgIpc) is 2.70. The van der Waals surface area contributed by atoms with Gasteiger partial charge in [0.05, 0.1) is 0 Å². The molecule has 1 heterocycles. The number of phenols is 2. The highest BCUT2D eigenvalue weighted by Gasteiger charge is 2.25. The van der Waals surface area contributed by atoms with Crippen LogP contribution in [-0.4, -0.2) is 15.3 Å². The first kappa shape index (κ1) is 22.5. The normalized spacial score (nSPS) is 10.9. The van der Waals surface area contributed by atoms with Crippen molar-refractivity contribution in [2.75, 3.05) is 0 Å². The average molecular weight is 441 g/mol. The van der Waals surface area contributed by atoms with E-state index in [1.54, 1.807) is 24.3 Å². The molecule has 0 bridgehead atoms. The van der Waals surface area contributed by atoms with Gasteiger partial charge in [0.2, 0.25) is 11.2 Å². The number of rotatable bonds is 5. The summed E-state index contributed by atoms with van der Waals surface area (Å²) in [6, 6.07) is 6.46. The molecular formula is C25H25ClO5. The van der Waals surface area contributed by atoms with E-state index in [-0.39, 0.29) is 34.5 Å². The molecule has 1 aromatic heterocycles. The summed E-state index contributed by atoms with van der Waals surface area (Å²) in [5, 5.41) is 32.8. The van der Waals surface area contributed by atoms with E-state index in [1.165, 1.54) is 0 Å². The van der Waals surface area contributed by atoms with Crippen LogP contribution in [-0.2, 0) is 12.8 Å². The topological polar surface area (TPSA) is 90.9 Å². The summed E-state index contributed by atoms with van der Waals surface area (Å²) in [6.07, 6.45) is 4.26. The van der Waals surface area contributed by atoms with Gasteiger partial charge in [0, 0.05) is 21.7 Å². The standard InChI is InChI=1S/C25H25ClO5/c1-13(2)5-11-17-20(27)18(12-6-14(3)4)25-19(21(17)28)22(29)23(30)24(31-25)15-7-9-16(26)10-8-15/h5-10,27-28,30H,11-12H2,1-4H3. The molecule has 0 fully saturated rings. The lowest BCUT2D eigenvalue weighted by Crippen LogP contribution is -2.06. The number of benzene rings is 2. The molecule has 0 atom stereocenters. The van der Waals surface area contributed by atoms with Crippen molar-refractivity contribution in [3.05, 3.63) is 73.9 Å². The minimum absolute atomic E-state index is 0.0428. The maximum atomic E-state index is 13.1. The lowest BCUT2D eigenvalue weighted by Gasteiger charge is -2.15. The van der Waals surface area contributed by atoms with Crippen molar-refractivity contribution in [3.63, 3.8) is 0 Å². The van der Waals surface area contributed by atoms with Gasteiger partial charge in [0.25, 0.3) is 0 Å². The second-order valence-corrected chi connectivity index (χ2v) is 8.38. The second-order valence-electron chi connectivity index (χ2n) is 7.95. The van der Waals surface area contributed by atoms with Gasteiger partial charge in [-0.2, -0.15) is 0 Å². The van der Waals surface area contributed by atoms with Crippen LogP contribution in [0.1, 0.15) is 38.8 Å². The van der Waals surface area contributed by atoms with E-state index in [1.807, 2.05) is 39.8 Å². The number of hydrogen-bond donors (Lipinski definition) is 3. The Labute approximate surface area is 185 Å². The Kier molecular flexibility index (Phi) is 6.46. The van der Waals surface area contributed by atoms with Crippen LogP contribution >= 0.6 is 11.6 Å². The summed E-state index contributed by atoms with van der Waals surface area (Å²) in [4.78, 5) is 13.1. The van der Waals surface area contributed by atoms with Gasteiger partial charge in [-0.25, -0.2) is 0 Å². The SMILES string of the molecule is CC(C)=CCc1c(O)c(CC=C(C)C)c2oc(-c3ccc(Cl)cc3)c(O)c(=O)c2c1O. The zero-order valence-corrected chi connectivity index (χ0v) is 18.7. The molecule has 31 heavy (non-hydrogen) atoms. The van der Waals surface area contributed by atoms with Gasteiger partial charge in [-0.3, -0.25) is 4.79 Å². The lowest BCUT2D eigenvalue weighted by atomic mass is 9.96. The molecular weight excluding hydrogens is 416 g/mol. The number of fused-ring (bicyclic) bond motifs is 1. The van der Waals surface area contributed by atoms with Crippen LogP contribution in [0.25, 0.3) is 22.3 Å². The van der Waals surface area contributed by atoms with Gasteiger partial charge in [0.1, 0.15) is 22.5 Å². The fraction of sp³-hybridized carbons (Fsp3) is 0.240. The zero-order valence-electron chi connectivity index (χ0n) is 17.9. The van der Waals surface area contributed by atoms with E-state index in [0.717, 1.165) is 11.1 Å². The second kappa shape index (κ2) is 8.90. The van der Waals surface area contributed by atoms with Crippen LogP contribution in [0, 0.1) is 0 Å². The van der Waals surface area contributed by atoms with Crippen molar-refractivity contribution in [1.29, 1.82) is 0 Å². The molecule has 0 saturated carbocycles. The molecule has 0 radical (unpaired) electrons. The molecule has 6 heteroatoms. The van der Waals surface area contributed by atoms with Gasteiger partial charge in [-0.1, -0.05) is 34.9 Å². The Morgan fingerprint density at radius 2 is 1.42 bits per heavy atom. The zero-order chi connectivity index (χ0) is 22.9. The van der Waals surface area contributed by atoms with Crippen LogP contribution in [0.15, 0.2) is 56.8 Å². The molecule has 0 aliphatic heterocycles. The van der Waals surface area contributed by atoms with Crippen molar-refractivity contribution in [3.8, 4) is 28.6 Å². The molecule has 5 nitrogen and oxygen atoms in total. The molecule has 0 aliphatic rings. The third-order valence-corrected chi connectivity index (χ3v) is 5.24. The van der Waals surface area contributed by atoms with Gasteiger partial charge in [-0.15, -0.1) is 0 Å². The molecule has 3 rings (SSSR count). The summed E-state index contributed by atoms with van der Waals surface area (Å²) >= 11 is 5.94. The molecule has 162 valence electrons. The fourth-order valence-corrected chi connectivity index (χ4v) is 3.42. The van der Waals surface area contributed by atoms with E-state index in [4.69, 9.17) is 16.0 Å². The maximum absolute atomic E-state index is 13.1. The Hall–Kier alpha value is -3.18. The van der Waals surface area contributed by atoms with E-state index >= 15 is 0 Å². The molecule has 2 aromatic carbocycles. The van der Waals surface area contributed by atoms with Gasteiger partial charge in [0.15, 0.2) is 5.76 Å². The predicted octanol–water partition coefficient (Wildman–Crippen LogP) is 6.25. The molecule has 0 unspecified atom stereocenters. The van der Waals surface area contributed by atoms with E-state index < -0.39 is 16.9 Å². The third kappa shape index (κ3) is 4.47. The van der Waals surface area contributed by atoms with Crippen molar-refractivity contribution >= 4 is 22.6 Å². The first-order valence-electron chi connectivity index (χ1n) is 9.89. The highest BCUT2D eigenvalue weighted by molar-refractivity contribution is 6.30. The monoisotopic (exact) mass is 440 g/mol. The summed E-state index contributed by atoms with van der Waals surface area (Å²) in [7, 11) is 0. The Morgan fingerprint density at radius 3 is 1.97 bits per heavy atom. The summed E-state index contributed by atoms with van der Waals surface area (Å²) in [5.41, 5.74) is 2.34.